The molecule has 12 heteroatoms. The number of hydrogen-bond donors (Lipinski definition) is 4. The Morgan fingerprint density at radius 3 is 2.52 bits per heavy atom. The number of aliphatic hydroxyl groups is 1. The number of carboxylic acid groups (broad SMARTS) is 1. The number of ether oxygens (including phenoxy) is 1. The van der Waals surface area contributed by atoms with Crippen LogP contribution in [0.15, 0.2) is 48.8 Å². The number of likely N-dealkylation sites (tertiary alicyclic amines) is 2. The Labute approximate surface area is 266 Å². The summed E-state index contributed by atoms with van der Waals surface area (Å²) >= 11 is 0. The van der Waals surface area contributed by atoms with Gasteiger partial charge in [-0.25, -0.2) is 23.9 Å². The van der Waals surface area contributed by atoms with E-state index in [9.17, 15) is 14.7 Å². The van der Waals surface area contributed by atoms with E-state index in [0.717, 1.165) is 17.7 Å². The summed E-state index contributed by atoms with van der Waals surface area (Å²) in [4.78, 5) is 39.6. The van der Waals surface area contributed by atoms with Gasteiger partial charge >= 0.3 is 12.1 Å². The molecule has 2 aromatic carbocycles. The number of carbonyl (C=O) groups is 2. The first-order chi connectivity index (χ1) is 22.0. The van der Waals surface area contributed by atoms with Crippen LogP contribution in [0, 0.1) is 24.6 Å². The van der Waals surface area contributed by atoms with Crippen LogP contribution in [0.4, 0.5) is 19.7 Å². The van der Waals surface area contributed by atoms with Crippen LogP contribution in [-0.2, 0) is 0 Å². The maximum absolute atomic E-state index is 15.0. The fourth-order valence-corrected chi connectivity index (χ4v) is 6.49. The average molecular weight is 631 g/mol. The molecule has 2 fully saturated rings. The summed E-state index contributed by atoms with van der Waals surface area (Å²) in [7, 11) is 0. The number of nitrogens with one attached hydrogen (secondary N) is 2. The van der Waals surface area contributed by atoms with Crippen molar-refractivity contribution in [1.82, 2.24) is 24.8 Å². The van der Waals surface area contributed by atoms with Crippen molar-refractivity contribution in [3.8, 4) is 28.3 Å². The first-order valence-electron chi connectivity index (χ1n) is 15.7. The zero-order valence-electron chi connectivity index (χ0n) is 26.2. The molecule has 2 aliphatic rings. The van der Waals surface area contributed by atoms with Gasteiger partial charge in [0.1, 0.15) is 29.6 Å². The van der Waals surface area contributed by atoms with Crippen LogP contribution in [0.25, 0.3) is 33.5 Å². The van der Waals surface area contributed by atoms with Gasteiger partial charge in [-0.1, -0.05) is 13.8 Å². The number of anilines is 1. The Morgan fingerprint density at radius 1 is 1.09 bits per heavy atom. The maximum atomic E-state index is 15.0. The molecular weight excluding hydrogens is 591 g/mol. The zero-order valence-corrected chi connectivity index (χ0v) is 26.2. The van der Waals surface area contributed by atoms with Crippen molar-refractivity contribution in [2.75, 3.05) is 31.5 Å². The molecule has 11 nitrogen and oxygen atoms in total. The first-order valence-corrected chi connectivity index (χ1v) is 15.7. The van der Waals surface area contributed by atoms with Crippen LogP contribution in [0.2, 0.25) is 0 Å². The van der Waals surface area contributed by atoms with Crippen LogP contribution in [-0.4, -0.2) is 85.5 Å². The van der Waals surface area contributed by atoms with Gasteiger partial charge in [0.2, 0.25) is 0 Å². The number of hydrogen-bond acceptors (Lipinski definition) is 6. The lowest BCUT2D eigenvalue weighted by Crippen LogP contribution is -2.41. The van der Waals surface area contributed by atoms with Crippen LogP contribution in [0.1, 0.15) is 38.7 Å². The molecule has 0 bridgehead atoms. The summed E-state index contributed by atoms with van der Waals surface area (Å²) in [5, 5.41) is 23.2. The quantitative estimate of drug-likeness (QED) is 0.192. The van der Waals surface area contributed by atoms with Gasteiger partial charge in [-0.05, 0) is 72.9 Å². The molecule has 0 unspecified atom stereocenters. The highest BCUT2D eigenvalue weighted by Gasteiger charge is 2.34. The smallest absolute Gasteiger partial charge is 0.407 e. The van der Waals surface area contributed by atoms with Gasteiger partial charge in [0.25, 0.3) is 0 Å². The minimum atomic E-state index is -0.900. The van der Waals surface area contributed by atoms with Crippen molar-refractivity contribution in [2.45, 2.75) is 52.2 Å². The minimum absolute atomic E-state index is 0.0135. The zero-order chi connectivity index (χ0) is 32.5. The summed E-state index contributed by atoms with van der Waals surface area (Å²) < 4.78 is 21.1. The number of H-pyrrole nitrogens is 1. The third kappa shape index (κ3) is 6.62. The van der Waals surface area contributed by atoms with Crippen LogP contribution < -0.4 is 10.1 Å². The Morgan fingerprint density at radius 2 is 1.83 bits per heavy atom. The summed E-state index contributed by atoms with van der Waals surface area (Å²) in [6, 6.07) is 11.9. The highest BCUT2D eigenvalue weighted by molar-refractivity contribution is 5.97. The fraction of sp³-hybridized carbons (Fsp3) is 0.412. The molecule has 0 saturated carbocycles. The summed E-state index contributed by atoms with van der Waals surface area (Å²) in [6.45, 7) is 7.60. The highest BCUT2D eigenvalue weighted by Crippen LogP contribution is 2.35. The monoisotopic (exact) mass is 630 g/mol. The Kier molecular flexibility index (Phi) is 8.81. The largest absolute Gasteiger partial charge is 0.490 e. The van der Waals surface area contributed by atoms with Gasteiger partial charge in [-0.3, -0.25) is 0 Å². The number of aromatic amines is 1. The minimum Gasteiger partial charge on any atom is -0.490 e. The van der Waals surface area contributed by atoms with Gasteiger partial charge in [0.05, 0.1) is 11.8 Å². The molecule has 0 radical (unpaired) electrons. The molecular formula is C34H39FN6O5. The van der Waals surface area contributed by atoms with E-state index >= 15 is 4.39 Å². The van der Waals surface area contributed by atoms with Crippen LogP contribution in [0.5, 0.6) is 5.75 Å². The molecule has 2 aliphatic heterocycles. The molecule has 2 aromatic heterocycles. The summed E-state index contributed by atoms with van der Waals surface area (Å²) in [5.41, 5.74) is 4.34. The molecule has 4 N–H and O–H groups in total. The predicted molar refractivity (Wildman–Crippen MR) is 172 cm³/mol. The Bertz CT molecular complexity index is 1730. The van der Waals surface area contributed by atoms with E-state index in [0.29, 0.717) is 77.7 Å². The van der Waals surface area contributed by atoms with E-state index < -0.39 is 18.0 Å². The van der Waals surface area contributed by atoms with Crippen LogP contribution in [0.3, 0.4) is 0 Å². The van der Waals surface area contributed by atoms with E-state index in [1.165, 1.54) is 23.4 Å². The third-order valence-electron chi connectivity index (χ3n) is 8.94. The van der Waals surface area contributed by atoms with Crippen LogP contribution >= 0.6 is 0 Å². The lowest BCUT2D eigenvalue weighted by molar-refractivity contribution is 0.0895. The number of urea groups is 1. The van der Waals surface area contributed by atoms with E-state index in [-0.39, 0.29) is 24.6 Å². The van der Waals surface area contributed by atoms with E-state index in [1.54, 1.807) is 4.90 Å². The number of halogens is 1. The number of rotatable bonds is 7. The number of aromatic nitrogens is 3. The van der Waals surface area contributed by atoms with Crippen molar-refractivity contribution in [3.05, 3.63) is 60.2 Å². The molecule has 242 valence electrons. The molecule has 0 aliphatic carbocycles. The van der Waals surface area contributed by atoms with E-state index in [4.69, 9.17) is 9.84 Å². The molecule has 3 amide bonds. The van der Waals surface area contributed by atoms with E-state index in [1.807, 2.05) is 37.3 Å². The van der Waals surface area contributed by atoms with Crippen molar-refractivity contribution in [1.29, 1.82) is 0 Å². The first kappa shape index (κ1) is 31.3. The van der Waals surface area contributed by atoms with Crippen molar-refractivity contribution in [2.24, 2.45) is 11.8 Å². The number of β-amino-alcohol motifs (C(OH)–C–C–N with tert-alkyl or cyclic N) is 1. The van der Waals surface area contributed by atoms with Crippen molar-refractivity contribution < 1.29 is 28.9 Å². The second-order valence-corrected chi connectivity index (χ2v) is 12.7. The number of aliphatic hydroxyl groups excluding tert-OH is 1. The fourth-order valence-electron chi connectivity index (χ4n) is 6.49. The second kappa shape index (κ2) is 13.0. The number of nitrogens with zero attached hydrogens (tertiary/aromatic N) is 4. The number of benzene rings is 2. The molecule has 4 aromatic rings. The summed E-state index contributed by atoms with van der Waals surface area (Å²) in [5.74, 6) is 0.615. The average Bonchev–Trinajstić information content (AvgIpc) is 3.62. The number of carbonyl (C=O) groups excluding carboxylic acids is 1. The molecule has 6 rings (SSSR count). The lowest BCUT2D eigenvalue weighted by Gasteiger charge is -2.30. The van der Waals surface area contributed by atoms with Gasteiger partial charge in [-0.2, -0.15) is 0 Å². The predicted octanol–water partition coefficient (Wildman–Crippen LogP) is 6.13. The Balaban J connectivity index is 1.20. The topological polar surface area (TPSA) is 144 Å². The Hall–Kier alpha value is -4.71. The number of amides is 3. The van der Waals surface area contributed by atoms with Gasteiger partial charge in [-0.15, -0.1) is 0 Å². The third-order valence-corrected chi connectivity index (χ3v) is 8.94. The number of fused-ring (bicyclic) bond motifs is 1. The SMILES string of the molecule is Cc1c(NC(=O)N2C[C@H](CC(C)C)[C@@H](O)C2)cc(F)cc1-c1ncnc2[nH]c(-c3ccc(OC4CCN(C(=O)O)CC4)cc3)cc12. The van der Waals surface area contributed by atoms with Crippen molar-refractivity contribution >= 4 is 28.8 Å². The maximum Gasteiger partial charge on any atom is 0.407 e. The molecule has 2 atom stereocenters. The van der Waals surface area contributed by atoms with Gasteiger partial charge < -0.3 is 35.1 Å². The molecule has 46 heavy (non-hydrogen) atoms. The highest BCUT2D eigenvalue weighted by atomic mass is 19.1. The second-order valence-electron chi connectivity index (χ2n) is 12.7. The molecule has 2 saturated heterocycles. The van der Waals surface area contributed by atoms with Gasteiger partial charge in [0, 0.05) is 67.3 Å². The normalized spacial score (nSPS) is 18.8. The molecule has 0 spiro atoms. The lowest BCUT2D eigenvalue weighted by atomic mass is 9.95. The van der Waals surface area contributed by atoms with E-state index in [2.05, 4.69) is 34.1 Å². The standard InChI is InChI=1S/C34H39FN6O5/c1-19(2)12-22-16-41(17-30(22)42)33(43)39-28-14-23(35)13-26(20(28)3)31-27-15-29(38-32(27)37-18-36-31)21-4-6-24(7-5-21)46-25-8-10-40(11-9-25)34(44)45/h4-7,13-15,18-19,22,25,30,42H,8-12,16-17H2,1-3H3,(H,39,43)(H,44,45)(H,36,37,38)/t22-,30-/m0/s1. The van der Waals surface area contributed by atoms with Crippen molar-refractivity contribution in [3.63, 3.8) is 0 Å². The van der Waals surface area contributed by atoms with Gasteiger partial charge in [0.15, 0.2) is 0 Å². The number of piperidine rings is 1. The summed E-state index contributed by atoms with van der Waals surface area (Å²) in [6.07, 6.45) is 2.01. The molecule has 4 heterocycles.